The topological polar surface area (TPSA) is 401 Å². The van der Waals surface area contributed by atoms with Gasteiger partial charge in [-0.1, -0.05) is 246 Å². The molecule has 10 aromatic rings. The van der Waals surface area contributed by atoms with Crippen LogP contribution in [0.3, 0.4) is 0 Å². The van der Waals surface area contributed by atoms with Crippen molar-refractivity contribution >= 4 is 88.5 Å². The molecular weight excluding hydrogens is 1790 g/mol. The Morgan fingerprint density at radius 2 is 0.677 bits per heavy atom. The maximum Gasteiger partial charge on any atom is 0.338 e. The average Bonchev–Trinajstić information content (AvgIpc) is 0.750. The summed E-state index contributed by atoms with van der Waals surface area (Å²) >= 11 is 19.8. The fourth-order valence-corrected chi connectivity index (χ4v) is 15.1. The number of carbonyl (C=O) groups is 9. The minimum absolute atomic E-state index is 0.0178. The van der Waals surface area contributed by atoms with Gasteiger partial charge in [-0.05, 0) is 121 Å². The van der Waals surface area contributed by atoms with Gasteiger partial charge in [-0.15, -0.1) is 0 Å². The van der Waals surface area contributed by atoms with Gasteiger partial charge in [-0.3, -0.25) is 4.79 Å². The summed E-state index contributed by atoms with van der Waals surface area (Å²) in [6, 6.07) is 75.8. The molecule has 0 bridgehead atoms. The summed E-state index contributed by atoms with van der Waals surface area (Å²) in [5, 5.41) is 19.8. The van der Waals surface area contributed by atoms with E-state index in [9.17, 15) is 34.6 Å². The molecule has 14 rings (SSSR count). The van der Waals surface area contributed by atoms with Crippen LogP contribution in [0.15, 0.2) is 308 Å². The molecule has 32 nitrogen and oxygen atoms in total. The number of hydrogen-bond acceptors (Lipinski definition) is 29. The quantitative estimate of drug-likeness (QED) is 0.00700. The zero-order chi connectivity index (χ0) is 93.2. The molecule has 0 aromatic heterocycles. The maximum atomic E-state index is 15.8. The van der Waals surface area contributed by atoms with E-state index in [2.05, 4.69) is 15.3 Å². The Bertz CT molecular complexity index is 5550. The molecule has 4 heterocycles. The van der Waals surface area contributed by atoms with Crippen molar-refractivity contribution in [2.24, 2.45) is 5.11 Å². The summed E-state index contributed by atoms with van der Waals surface area (Å²) in [4.78, 5) is 138. The van der Waals surface area contributed by atoms with Gasteiger partial charge >= 0.3 is 47.8 Å². The Hall–Kier alpha value is -12.8. The smallest absolute Gasteiger partial charge is 0.338 e. The highest BCUT2D eigenvalue weighted by Gasteiger charge is 2.62. The van der Waals surface area contributed by atoms with Crippen molar-refractivity contribution in [3.63, 3.8) is 0 Å². The number of esters is 8. The third-order valence-electron chi connectivity index (χ3n) is 21.5. The van der Waals surface area contributed by atoms with Crippen LogP contribution in [0, 0.1) is 0 Å². The van der Waals surface area contributed by atoms with E-state index in [1.165, 1.54) is 153 Å². The highest BCUT2D eigenvalue weighted by molar-refractivity contribution is 6.76. The zero-order valence-electron chi connectivity index (χ0n) is 70.8. The van der Waals surface area contributed by atoms with Crippen molar-refractivity contribution in [2.75, 3.05) is 33.0 Å². The molecule has 690 valence electrons. The SMILES string of the molecule is C[C@@H]1O[C@@H](O[C@H]2[C@H](O)[C@@H](COCc3ccccc3)O[C@@H](O[C@H]3[C@@H](OC(=O)c4ccccc4)[C@@H](COC(=O)c4ccccc4)O[C@@H](O[C@H]4[C@H](OC(=O)c5ccccc5)[C@@H](OC(=O)c5ccccc5)[C@H](OCCN=[N+]=[N-])O[C@@H]4COC(=O)c4ccccc4)[C@@H]3OC(=O)c3ccccc3)[C@@H]2NC(=O)C(Cl)(Cl)Cl)[C@@H](OCc2ccccc2)[C@H](OC(=O)c2ccccc2)[C@@H]1OC(=O)c1ccccc1. The van der Waals surface area contributed by atoms with Crippen LogP contribution in [-0.4, -0.2) is 218 Å². The number of halogens is 3. The number of aliphatic hydroxyl groups is 1. The first-order chi connectivity index (χ1) is 64.6. The lowest BCUT2D eigenvalue weighted by Crippen LogP contribution is -2.71. The number of alkyl halides is 3. The van der Waals surface area contributed by atoms with E-state index in [0.717, 1.165) is 0 Å². The number of nitrogens with zero attached hydrogens (tertiary/aromatic N) is 3. The standard InChI is InChI=1S/C98H89Cl3N4O28/c1-59-75(125-87(109)64-40-20-6-21-41-64)79(127-89(111)66-44-24-8-25-45-66)82(118-55-61-34-14-3-15-35-61)95(121-59)132-78-73(104-97(115)98(99,100)101)93(122-70(74(78)106)56-116-54-60-32-12-2-13-33-60)133-81-76(126-88(110)65-42-22-7-23-43-65)71(57-119-85(107)62-36-16-4-17-37-62)124-96(84(81)130-92(114)69-50-30-11-31-51-69)131-77-72(58-120-86(108)63-38-18-5-19-39-63)123-94(117-53-52-103-105-102)83(129-91(113)68-48-28-10-29-49-68)80(77)128-90(112)67-46-26-9-27-47-67/h2-51,59,70-84,93-96,106H,52-58H2,1H3,(H,104,115)/t59-,70+,71+,72+,73+,74+,75+,76-,77+,78+,79+,80-,81-,82-,83+,84+,93-,94+,95-,96-/m0/s1. The van der Waals surface area contributed by atoms with Gasteiger partial charge in [0.15, 0.2) is 61.8 Å². The molecule has 0 spiro atoms. The van der Waals surface area contributed by atoms with Gasteiger partial charge in [-0.25, -0.2) is 38.4 Å². The molecule has 1 amide bonds. The van der Waals surface area contributed by atoms with Crippen LogP contribution in [-0.2, 0) is 103 Å². The van der Waals surface area contributed by atoms with E-state index < -0.39 is 207 Å². The van der Waals surface area contributed by atoms with Gasteiger partial charge in [0.25, 0.3) is 9.70 Å². The highest BCUT2D eigenvalue weighted by Crippen LogP contribution is 2.42. The summed E-state index contributed by atoms with van der Waals surface area (Å²) in [5.41, 5.74) is 10.3. The summed E-state index contributed by atoms with van der Waals surface area (Å²) < 4.78 is 118. The fourth-order valence-electron chi connectivity index (χ4n) is 15.0. The molecule has 4 fully saturated rings. The predicted molar refractivity (Wildman–Crippen MR) is 472 cm³/mol. The Morgan fingerprint density at radius 1 is 0.353 bits per heavy atom. The third kappa shape index (κ3) is 25.7. The number of amides is 1. The predicted octanol–water partition coefficient (Wildman–Crippen LogP) is 13.5. The second-order valence-corrected chi connectivity index (χ2v) is 32.8. The van der Waals surface area contributed by atoms with E-state index >= 15 is 19.2 Å². The molecule has 10 aromatic carbocycles. The lowest BCUT2D eigenvalue weighted by molar-refractivity contribution is -0.379. The van der Waals surface area contributed by atoms with Gasteiger partial charge in [0.05, 0.1) is 77.0 Å². The van der Waals surface area contributed by atoms with Crippen molar-refractivity contribution in [3.05, 3.63) is 369 Å². The Balaban J connectivity index is 0.966. The van der Waals surface area contributed by atoms with Crippen LogP contribution in [0.2, 0.25) is 0 Å². The number of ether oxygens (including phenoxy) is 18. The average molecular weight is 1880 g/mol. The van der Waals surface area contributed by atoms with Gasteiger partial charge in [-0.2, -0.15) is 0 Å². The molecule has 0 unspecified atom stereocenters. The van der Waals surface area contributed by atoms with Gasteiger partial charge in [0.1, 0.15) is 68.1 Å². The maximum absolute atomic E-state index is 15.8. The highest BCUT2D eigenvalue weighted by atomic mass is 35.6. The van der Waals surface area contributed by atoms with Crippen LogP contribution in [0.5, 0.6) is 0 Å². The lowest BCUT2D eigenvalue weighted by atomic mass is 9.93. The molecule has 4 aliphatic heterocycles. The number of rotatable bonds is 36. The van der Waals surface area contributed by atoms with Crippen LogP contribution in [0.4, 0.5) is 0 Å². The Morgan fingerprint density at radius 3 is 1.09 bits per heavy atom. The van der Waals surface area contributed by atoms with Crippen molar-refractivity contribution in [1.82, 2.24) is 5.32 Å². The number of azide groups is 1. The molecule has 20 atom stereocenters. The number of nitrogens with one attached hydrogen (secondary N) is 1. The van der Waals surface area contributed by atoms with Crippen molar-refractivity contribution in [3.8, 4) is 0 Å². The fraction of sp³-hybridized carbons (Fsp3) is 0.296. The molecule has 0 radical (unpaired) electrons. The molecule has 4 saturated heterocycles. The molecule has 133 heavy (non-hydrogen) atoms. The lowest BCUT2D eigenvalue weighted by Gasteiger charge is -2.51. The Labute approximate surface area is 777 Å². The first-order valence-electron chi connectivity index (χ1n) is 42.2. The minimum Gasteiger partial charge on any atom is -0.459 e. The third-order valence-corrected chi connectivity index (χ3v) is 22.0. The molecule has 0 aliphatic carbocycles. The Kier molecular flexibility index (Phi) is 34.0. The second kappa shape index (κ2) is 47.0. The zero-order valence-corrected chi connectivity index (χ0v) is 73.1. The molecule has 35 heteroatoms. The van der Waals surface area contributed by atoms with Gasteiger partial charge in [0.2, 0.25) is 0 Å². The molecule has 0 saturated carbocycles. The number of hydrogen-bond donors (Lipinski definition) is 2. The van der Waals surface area contributed by atoms with Crippen LogP contribution in [0.25, 0.3) is 10.4 Å². The van der Waals surface area contributed by atoms with Gasteiger partial charge < -0.3 is 95.7 Å². The largest absolute Gasteiger partial charge is 0.459 e. The van der Waals surface area contributed by atoms with E-state index in [1.807, 2.05) is 0 Å². The summed E-state index contributed by atoms with van der Waals surface area (Å²) in [6.07, 6.45) is -38.2. The molecule has 4 aliphatic rings. The normalized spacial score (nSPS) is 25.0. The first kappa shape index (κ1) is 96.2. The monoisotopic (exact) mass is 1870 g/mol. The van der Waals surface area contributed by atoms with E-state index in [1.54, 1.807) is 158 Å². The number of carbonyl (C=O) groups excluding carboxylic acids is 9. The van der Waals surface area contributed by atoms with Gasteiger partial charge in [0, 0.05) is 11.5 Å². The van der Waals surface area contributed by atoms with Crippen LogP contribution in [0.1, 0.15) is 101 Å². The molecular formula is C98H89Cl3N4O28. The number of benzene rings is 10. The van der Waals surface area contributed by atoms with Crippen LogP contribution < -0.4 is 5.32 Å². The van der Waals surface area contributed by atoms with E-state index in [-0.39, 0.29) is 64.3 Å². The van der Waals surface area contributed by atoms with Crippen LogP contribution >= 0.6 is 34.8 Å². The summed E-state index contributed by atoms with van der Waals surface area (Å²) in [7, 11) is 0. The second-order valence-electron chi connectivity index (χ2n) is 30.6. The van der Waals surface area contributed by atoms with Crippen molar-refractivity contribution < 1.29 is 134 Å². The van der Waals surface area contributed by atoms with E-state index in [4.69, 9.17) is 120 Å². The van der Waals surface area contributed by atoms with Crippen molar-refractivity contribution in [2.45, 2.75) is 147 Å². The first-order valence-corrected chi connectivity index (χ1v) is 43.3. The number of aliphatic hydroxyl groups excluding tert-OH is 1. The summed E-state index contributed by atoms with van der Waals surface area (Å²) in [5.74, 6) is -9.85. The summed E-state index contributed by atoms with van der Waals surface area (Å²) in [6.45, 7) is -2.39. The van der Waals surface area contributed by atoms with E-state index in [0.29, 0.717) is 11.1 Å². The van der Waals surface area contributed by atoms with Crippen molar-refractivity contribution in [1.29, 1.82) is 0 Å². The molecule has 2 N–H and O–H groups in total. The minimum atomic E-state index is -2.96.